The molecule has 0 fully saturated rings. The molecule has 0 saturated carbocycles. The Labute approximate surface area is 99.1 Å². The number of pyridine rings is 1. The van der Waals surface area contributed by atoms with Crippen molar-refractivity contribution < 1.29 is 0 Å². The Kier molecular flexibility index (Phi) is 2.89. The molecule has 0 spiro atoms. The SMILES string of the molecule is Cc1ccncc1-c1cc(Cl)cc(C#N)c1. The fraction of sp³-hybridized carbons (Fsp3) is 0.0769. The van der Waals surface area contributed by atoms with E-state index in [1.807, 2.05) is 25.1 Å². The average Bonchev–Trinajstić information content (AvgIpc) is 2.28. The molecule has 0 amide bonds. The van der Waals surface area contributed by atoms with Crippen LogP contribution in [-0.4, -0.2) is 4.98 Å². The zero-order valence-corrected chi connectivity index (χ0v) is 9.49. The molecule has 1 aromatic carbocycles. The van der Waals surface area contributed by atoms with Crippen molar-refractivity contribution in [2.75, 3.05) is 0 Å². The minimum atomic E-state index is 0.561. The summed E-state index contributed by atoms with van der Waals surface area (Å²) in [5.41, 5.74) is 3.60. The van der Waals surface area contributed by atoms with Gasteiger partial charge in [-0.05, 0) is 42.3 Å². The van der Waals surface area contributed by atoms with Crippen molar-refractivity contribution >= 4 is 11.6 Å². The summed E-state index contributed by atoms with van der Waals surface area (Å²) in [4.78, 5) is 4.08. The van der Waals surface area contributed by atoms with E-state index in [2.05, 4.69) is 11.1 Å². The molecule has 0 aliphatic heterocycles. The third-order valence-corrected chi connectivity index (χ3v) is 2.60. The van der Waals surface area contributed by atoms with Crippen LogP contribution in [0.5, 0.6) is 0 Å². The zero-order chi connectivity index (χ0) is 11.5. The third-order valence-electron chi connectivity index (χ3n) is 2.38. The predicted molar refractivity (Wildman–Crippen MR) is 64.1 cm³/mol. The van der Waals surface area contributed by atoms with Crippen LogP contribution in [0.25, 0.3) is 11.1 Å². The Hall–Kier alpha value is -1.85. The first kappa shape index (κ1) is 10.7. The van der Waals surface area contributed by atoms with E-state index in [9.17, 15) is 0 Å². The van der Waals surface area contributed by atoms with Crippen LogP contribution in [0.3, 0.4) is 0 Å². The normalized spacial score (nSPS) is 9.81. The summed E-state index contributed by atoms with van der Waals surface area (Å²) < 4.78 is 0. The first-order valence-electron chi connectivity index (χ1n) is 4.82. The van der Waals surface area contributed by atoms with Gasteiger partial charge in [-0.15, -0.1) is 0 Å². The Bertz CT molecular complexity index is 570. The molecule has 0 aliphatic carbocycles. The molecule has 0 unspecified atom stereocenters. The van der Waals surface area contributed by atoms with Crippen LogP contribution in [0.2, 0.25) is 5.02 Å². The van der Waals surface area contributed by atoms with Crippen molar-refractivity contribution in [3.05, 3.63) is 52.8 Å². The molecule has 0 bridgehead atoms. The lowest BCUT2D eigenvalue weighted by atomic mass is 10.0. The highest BCUT2D eigenvalue weighted by Crippen LogP contribution is 2.26. The Balaban J connectivity index is 2.61. The number of benzene rings is 1. The first-order valence-corrected chi connectivity index (χ1v) is 5.20. The van der Waals surface area contributed by atoms with Gasteiger partial charge in [-0.1, -0.05) is 11.6 Å². The highest BCUT2D eigenvalue weighted by atomic mass is 35.5. The molecule has 1 heterocycles. The molecule has 0 saturated heterocycles. The molecule has 0 aliphatic rings. The molecule has 78 valence electrons. The molecule has 1 aromatic heterocycles. The first-order chi connectivity index (χ1) is 7.70. The molecule has 0 N–H and O–H groups in total. The van der Waals surface area contributed by atoms with Gasteiger partial charge in [0.05, 0.1) is 11.6 Å². The lowest BCUT2D eigenvalue weighted by molar-refractivity contribution is 1.29. The van der Waals surface area contributed by atoms with Gasteiger partial charge in [-0.2, -0.15) is 5.26 Å². The van der Waals surface area contributed by atoms with Crippen LogP contribution < -0.4 is 0 Å². The van der Waals surface area contributed by atoms with Crippen molar-refractivity contribution in [1.82, 2.24) is 4.98 Å². The van der Waals surface area contributed by atoms with E-state index >= 15 is 0 Å². The molecule has 0 atom stereocenters. The van der Waals surface area contributed by atoms with E-state index in [1.165, 1.54) is 0 Å². The second-order valence-corrected chi connectivity index (χ2v) is 3.97. The number of hydrogen-bond donors (Lipinski definition) is 0. The van der Waals surface area contributed by atoms with E-state index in [-0.39, 0.29) is 0 Å². The fourth-order valence-corrected chi connectivity index (χ4v) is 1.81. The smallest absolute Gasteiger partial charge is 0.0992 e. The van der Waals surface area contributed by atoms with Crippen LogP contribution >= 0.6 is 11.6 Å². The largest absolute Gasteiger partial charge is 0.264 e. The van der Waals surface area contributed by atoms with Crippen LogP contribution in [0, 0.1) is 18.3 Å². The lowest BCUT2D eigenvalue weighted by Gasteiger charge is -2.05. The summed E-state index contributed by atoms with van der Waals surface area (Å²) in [7, 11) is 0. The molecule has 2 aromatic rings. The number of rotatable bonds is 1. The summed E-state index contributed by atoms with van der Waals surface area (Å²) in [5.74, 6) is 0. The maximum atomic E-state index is 8.88. The summed E-state index contributed by atoms with van der Waals surface area (Å²) >= 11 is 5.96. The van der Waals surface area contributed by atoms with Gasteiger partial charge in [-0.25, -0.2) is 0 Å². The predicted octanol–water partition coefficient (Wildman–Crippen LogP) is 3.58. The van der Waals surface area contributed by atoms with E-state index in [0.29, 0.717) is 10.6 Å². The van der Waals surface area contributed by atoms with Gasteiger partial charge in [0.1, 0.15) is 0 Å². The van der Waals surface area contributed by atoms with Crippen LogP contribution in [0.1, 0.15) is 11.1 Å². The quantitative estimate of drug-likeness (QED) is 0.748. The van der Waals surface area contributed by atoms with Gasteiger partial charge in [0.15, 0.2) is 0 Å². The van der Waals surface area contributed by atoms with Gasteiger partial charge in [0.2, 0.25) is 0 Å². The van der Waals surface area contributed by atoms with Crippen molar-refractivity contribution in [1.29, 1.82) is 5.26 Å². The van der Waals surface area contributed by atoms with Crippen LogP contribution in [-0.2, 0) is 0 Å². The second-order valence-electron chi connectivity index (χ2n) is 3.53. The number of nitriles is 1. The molecule has 16 heavy (non-hydrogen) atoms. The van der Waals surface area contributed by atoms with E-state index in [0.717, 1.165) is 16.7 Å². The topological polar surface area (TPSA) is 36.7 Å². The van der Waals surface area contributed by atoms with E-state index in [1.54, 1.807) is 18.5 Å². The second kappa shape index (κ2) is 4.34. The van der Waals surface area contributed by atoms with Gasteiger partial charge >= 0.3 is 0 Å². The molecular formula is C13H9ClN2. The van der Waals surface area contributed by atoms with Crippen LogP contribution in [0.4, 0.5) is 0 Å². The minimum absolute atomic E-state index is 0.561. The van der Waals surface area contributed by atoms with Gasteiger partial charge < -0.3 is 0 Å². The molecule has 3 heteroatoms. The summed E-state index contributed by atoms with van der Waals surface area (Å²) in [6, 6.07) is 9.33. The van der Waals surface area contributed by atoms with E-state index in [4.69, 9.17) is 16.9 Å². The standard InChI is InChI=1S/C13H9ClN2/c1-9-2-3-16-8-13(9)11-4-10(7-15)5-12(14)6-11/h2-6,8H,1H3. The van der Waals surface area contributed by atoms with Crippen molar-refractivity contribution in [3.63, 3.8) is 0 Å². The summed E-state index contributed by atoms with van der Waals surface area (Å²) in [5, 5.41) is 9.45. The van der Waals surface area contributed by atoms with Crippen molar-refractivity contribution in [2.45, 2.75) is 6.92 Å². The van der Waals surface area contributed by atoms with Gasteiger partial charge in [0, 0.05) is 23.0 Å². The molecule has 2 nitrogen and oxygen atoms in total. The minimum Gasteiger partial charge on any atom is -0.264 e. The number of nitrogens with zero attached hydrogens (tertiary/aromatic N) is 2. The molecule has 0 radical (unpaired) electrons. The highest BCUT2D eigenvalue weighted by Gasteiger charge is 2.04. The maximum Gasteiger partial charge on any atom is 0.0992 e. The molecular weight excluding hydrogens is 220 g/mol. The Morgan fingerprint density at radius 2 is 2.12 bits per heavy atom. The van der Waals surface area contributed by atoms with Gasteiger partial charge in [0.25, 0.3) is 0 Å². The van der Waals surface area contributed by atoms with E-state index < -0.39 is 0 Å². The number of hydrogen-bond acceptors (Lipinski definition) is 2. The van der Waals surface area contributed by atoms with Crippen LogP contribution in [0.15, 0.2) is 36.7 Å². The van der Waals surface area contributed by atoms with Crippen molar-refractivity contribution in [3.8, 4) is 17.2 Å². The third kappa shape index (κ3) is 2.05. The fourth-order valence-electron chi connectivity index (χ4n) is 1.58. The number of halogens is 1. The van der Waals surface area contributed by atoms with Crippen molar-refractivity contribution in [2.24, 2.45) is 0 Å². The Morgan fingerprint density at radius 1 is 1.31 bits per heavy atom. The Morgan fingerprint density at radius 3 is 2.81 bits per heavy atom. The summed E-state index contributed by atoms with van der Waals surface area (Å²) in [6.45, 7) is 2.00. The monoisotopic (exact) mass is 228 g/mol. The highest BCUT2D eigenvalue weighted by molar-refractivity contribution is 6.31. The zero-order valence-electron chi connectivity index (χ0n) is 8.74. The maximum absolute atomic E-state index is 8.88. The lowest BCUT2D eigenvalue weighted by Crippen LogP contribution is -1.86. The van der Waals surface area contributed by atoms with Gasteiger partial charge in [-0.3, -0.25) is 4.98 Å². The number of aromatic nitrogens is 1. The molecule has 2 rings (SSSR count). The average molecular weight is 229 g/mol. The summed E-state index contributed by atoms with van der Waals surface area (Å²) in [6.07, 6.45) is 3.52. The number of aryl methyl sites for hydroxylation is 1.